The van der Waals surface area contributed by atoms with Gasteiger partial charge in [0.2, 0.25) is 11.8 Å². The van der Waals surface area contributed by atoms with Crippen molar-refractivity contribution in [2.24, 2.45) is 5.92 Å². The van der Waals surface area contributed by atoms with E-state index < -0.39 is 0 Å². The average molecular weight is 269 g/mol. The second-order valence-corrected chi connectivity index (χ2v) is 4.91. The molecule has 2 amide bonds. The Kier molecular flexibility index (Phi) is 3.33. The van der Waals surface area contributed by atoms with E-state index in [1.165, 1.54) is 0 Å². The van der Waals surface area contributed by atoms with Crippen LogP contribution in [0.25, 0.3) is 10.9 Å². The fourth-order valence-electron chi connectivity index (χ4n) is 2.45. The fraction of sp³-hybridized carbons (Fsp3) is 0.267. The first-order valence-electron chi connectivity index (χ1n) is 6.65. The molecule has 2 N–H and O–H groups in total. The topological polar surface area (TPSA) is 71.1 Å². The Bertz CT molecular complexity index is 664. The Morgan fingerprint density at radius 3 is 3.00 bits per heavy atom. The van der Waals surface area contributed by atoms with Gasteiger partial charge in [-0.2, -0.15) is 0 Å². The molecule has 0 bridgehead atoms. The Labute approximate surface area is 116 Å². The van der Waals surface area contributed by atoms with Crippen LogP contribution in [0.15, 0.2) is 36.5 Å². The number of benzene rings is 1. The van der Waals surface area contributed by atoms with Gasteiger partial charge in [0.15, 0.2) is 0 Å². The number of carbonyl (C=O) groups excluding carboxylic acids is 2. The van der Waals surface area contributed by atoms with E-state index in [2.05, 4.69) is 15.6 Å². The molecule has 1 saturated heterocycles. The molecular weight excluding hydrogens is 254 g/mol. The van der Waals surface area contributed by atoms with Crippen molar-refractivity contribution >= 4 is 28.4 Å². The number of hydrogen-bond donors (Lipinski definition) is 2. The van der Waals surface area contributed by atoms with Crippen molar-refractivity contribution in [2.75, 3.05) is 11.9 Å². The highest BCUT2D eigenvalue weighted by atomic mass is 16.2. The third kappa shape index (κ3) is 2.47. The van der Waals surface area contributed by atoms with Gasteiger partial charge in [0.1, 0.15) is 0 Å². The van der Waals surface area contributed by atoms with E-state index in [9.17, 15) is 9.59 Å². The third-order valence-corrected chi connectivity index (χ3v) is 3.51. The number of carbonyl (C=O) groups is 2. The van der Waals surface area contributed by atoms with Gasteiger partial charge in [0.05, 0.1) is 11.2 Å². The minimum Gasteiger partial charge on any atom is -0.356 e. The van der Waals surface area contributed by atoms with Gasteiger partial charge >= 0.3 is 0 Å². The Balaban J connectivity index is 1.82. The molecule has 5 heteroatoms. The summed E-state index contributed by atoms with van der Waals surface area (Å²) in [6.07, 6.45) is 2.63. The minimum atomic E-state index is -0.261. The number of para-hydroxylation sites is 1. The van der Waals surface area contributed by atoms with Gasteiger partial charge < -0.3 is 10.6 Å². The van der Waals surface area contributed by atoms with Gasteiger partial charge in [0.25, 0.3) is 0 Å². The number of piperidine rings is 1. The van der Waals surface area contributed by atoms with Crippen molar-refractivity contribution in [3.8, 4) is 0 Å². The summed E-state index contributed by atoms with van der Waals surface area (Å²) in [4.78, 5) is 27.9. The first-order chi connectivity index (χ1) is 9.74. The lowest BCUT2D eigenvalue weighted by molar-refractivity contribution is -0.129. The van der Waals surface area contributed by atoms with Gasteiger partial charge in [0, 0.05) is 30.5 Å². The second kappa shape index (κ2) is 5.28. The Morgan fingerprint density at radius 2 is 2.15 bits per heavy atom. The molecule has 0 radical (unpaired) electrons. The summed E-state index contributed by atoms with van der Waals surface area (Å²) in [5, 5.41) is 6.60. The van der Waals surface area contributed by atoms with Crippen molar-refractivity contribution in [1.29, 1.82) is 0 Å². The van der Waals surface area contributed by atoms with E-state index in [1.807, 2.05) is 30.3 Å². The van der Waals surface area contributed by atoms with Gasteiger partial charge in [-0.15, -0.1) is 0 Å². The van der Waals surface area contributed by atoms with Crippen molar-refractivity contribution in [3.05, 3.63) is 36.5 Å². The zero-order valence-corrected chi connectivity index (χ0v) is 10.9. The fourth-order valence-corrected chi connectivity index (χ4v) is 2.45. The van der Waals surface area contributed by atoms with Crippen LogP contribution >= 0.6 is 0 Å². The van der Waals surface area contributed by atoms with E-state index in [4.69, 9.17) is 0 Å². The lowest BCUT2D eigenvalue weighted by atomic mass is 9.96. The van der Waals surface area contributed by atoms with Crippen LogP contribution in [-0.4, -0.2) is 23.3 Å². The Morgan fingerprint density at radius 1 is 1.30 bits per heavy atom. The van der Waals surface area contributed by atoms with Crippen molar-refractivity contribution in [2.45, 2.75) is 12.8 Å². The molecule has 1 fully saturated rings. The predicted molar refractivity (Wildman–Crippen MR) is 76.1 cm³/mol. The van der Waals surface area contributed by atoms with Crippen LogP contribution in [0.2, 0.25) is 0 Å². The monoisotopic (exact) mass is 269 g/mol. The standard InChI is InChI=1S/C15H15N3O2/c19-13-9-11(6-8-16-13)15(20)18-12-5-1-3-10-4-2-7-17-14(10)12/h1-5,7,11H,6,8-9H2,(H,16,19)(H,18,20). The van der Waals surface area contributed by atoms with Crippen LogP contribution in [0.5, 0.6) is 0 Å². The maximum absolute atomic E-state index is 12.2. The molecule has 1 aliphatic rings. The minimum absolute atomic E-state index is 0.0626. The largest absolute Gasteiger partial charge is 0.356 e. The molecule has 1 aliphatic heterocycles. The molecule has 0 aliphatic carbocycles. The number of rotatable bonds is 2. The van der Waals surface area contributed by atoms with E-state index in [0.717, 1.165) is 10.9 Å². The maximum atomic E-state index is 12.2. The molecule has 1 unspecified atom stereocenters. The van der Waals surface area contributed by atoms with Crippen LogP contribution in [0.4, 0.5) is 5.69 Å². The van der Waals surface area contributed by atoms with Crippen LogP contribution in [0, 0.1) is 5.92 Å². The number of hydrogen-bond acceptors (Lipinski definition) is 3. The maximum Gasteiger partial charge on any atom is 0.228 e. The van der Waals surface area contributed by atoms with E-state index >= 15 is 0 Å². The quantitative estimate of drug-likeness (QED) is 0.871. The highest BCUT2D eigenvalue weighted by molar-refractivity contribution is 6.02. The van der Waals surface area contributed by atoms with Crippen LogP contribution in [0.1, 0.15) is 12.8 Å². The summed E-state index contributed by atoms with van der Waals surface area (Å²) >= 11 is 0. The van der Waals surface area contributed by atoms with Crippen LogP contribution in [-0.2, 0) is 9.59 Å². The molecule has 0 saturated carbocycles. The van der Waals surface area contributed by atoms with Crippen molar-refractivity contribution < 1.29 is 9.59 Å². The second-order valence-electron chi connectivity index (χ2n) is 4.91. The van der Waals surface area contributed by atoms with Crippen molar-refractivity contribution in [3.63, 3.8) is 0 Å². The first-order valence-corrected chi connectivity index (χ1v) is 6.65. The molecule has 2 aromatic rings. The Hall–Kier alpha value is -2.43. The molecule has 0 spiro atoms. The number of aromatic nitrogens is 1. The normalized spacial score (nSPS) is 18.6. The molecule has 5 nitrogen and oxygen atoms in total. The average Bonchev–Trinajstić information content (AvgIpc) is 2.47. The lowest BCUT2D eigenvalue weighted by Crippen LogP contribution is -2.38. The third-order valence-electron chi connectivity index (χ3n) is 3.51. The number of anilines is 1. The zero-order chi connectivity index (χ0) is 13.9. The molecule has 1 aromatic carbocycles. The van der Waals surface area contributed by atoms with E-state index in [1.54, 1.807) is 6.20 Å². The highest BCUT2D eigenvalue weighted by Gasteiger charge is 2.25. The summed E-state index contributed by atoms with van der Waals surface area (Å²) in [5.41, 5.74) is 1.46. The summed E-state index contributed by atoms with van der Waals surface area (Å²) in [6, 6.07) is 9.47. The summed E-state index contributed by atoms with van der Waals surface area (Å²) in [7, 11) is 0. The first kappa shape index (κ1) is 12.6. The lowest BCUT2D eigenvalue weighted by Gasteiger charge is -2.21. The van der Waals surface area contributed by atoms with Crippen LogP contribution < -0.4 is 10.6 Å². The molecule has 20 heavy (non-hydrogen) atoms. The number of pyridine rings is 1. The molecule has 2 heterocycles. The van der Waals surface area contributed by atoms with Gasteiger partial charge in [-0.25, -0.2) is 0 Å². The highest BCUT2D eigenvalue weighted by Crippen LogP contribution is 2.22. The van der Waals surface area contributed by atoms with E-state index in [0.29, 0.717) is 18.7 Å². The van der Waals surface area contributed by atoms with Gasteiger partial charge in [-0.05, 0) is 18.6 Å². The summed E-state index contributed by atoms with van der Waals surface area (Å²) in [5.74, 6) is -0.437. The SMILES string of the molecule is O=C1CC(C(=O)Nc2cccc3cccnc23)CCN1. The number of nitrogens with zero attached hydrogens (tertiary/aromatic N) is 1. The predicted octanol–water partition coefficient (Wildman–Crippen LogP) is 1.70. The number of amides is 2. The number of fused-ring (bicyclic) bond motifs is 1. The molecule has 102 valence electrons. The van der Waals surface area contributed by atoms with Gasteiger partial charge in [-0.1, -0.05) is 18.2 Å². The van der Waals surface area contributed by atoms with E-state index in [-0.39, 0.29) is 24.2 Å². The van der Waals surface area contributed by atoms with Crippen LogP contribution in [0.3, 0.4) is 0 Å². The van der Waals surface area contributed by atoms with Gasteiger partial charge in [-0.3, -0.25) is 14.6 Å². The smallest absolute Gasteiger partial charge is 0.228 e. The molecular formula is C15H15N3O2. The van der Waals surface area contributed by atoms with Crippen molar-refractivity contribution in [1.82, 2.24) is 10.3 Å². The molecule has 1 atom stereocenters. The molecule has 1 aromatic heterocycles. The molecule has 3 rings (SSSR count). The zero-order valence-electron chi connectivity index (χ0n) is 10.9. The summed E-state index contributed by atoms with van der Waals surface area (Å²) in [6.45, 7) is 0.560. The number of nitrogens with one attached hydrogen (secondary N) is 2. The summed E-state index contributed by atoms with van der Waals surface area (Å²) < 4.78 is 0.